The highest BCUT2D eigenvalue weighted by molar-refractivity contribution is 6.29. The van der Waals surface area contributed by atoms with Crippen molar-refractivity contribution in [1.82, 2.24) is 4.98 Å². The molecule has 102 valence electrons. The van der Waals surface area contributed by atoms with E-state index in [2.05, 4.69) is 10.3 Å². The van der Waals surface area contributed by atoms with Crippen molar-refractivity contribution in [2.24, 2.45) is 0 Å². The highest BCUT2D eigenvalue weighted by Crippen LogP contribution is 2.16. The monoisotopic (exact) mass is 290 g/mol. The van der Waals surface area contributed by atoms with Gasteiger partial charge in [-0.15, -0.1) is 0 Å². The number of rotatable bonds is 3. The Morgan fingerprint density at radius 1 is 1.25 bits per heavy atom. The van der Waals surface area contributed by atoms with E-state index in [1.54, 1.807) is 31.2 Å². The lowest BCUT2D eigenvalue weighted by atomic mass is 10.1. The number of nitrogens with one attached hydrogen (secondary N) is 1. The predicted octanol–water partition coefficient (Wildman–Crippen LogP) is 2.99. The summed E-state index contributed by atoms with van der Waals surface area (Å²) in [5.74, 6) is -1.41. The van der Waals surface area contributed by atoms with E-state index in [9.17, 15) is 9.59 Å². The first-order chi connectivity index (χ1) is 9.47. The molecule has 2 rings (SSSR count). The summed E-state index contributed by atoms with van der Waals surface area (Å²) in [6, 6.07) is 9.30. The van der Waals surface area contributed by atoms with Crippen LogP contribution in [0.2, 0.25) is 5.15 Å². The Balaban J connectivity index is 2.20. The third-order valence-electron chi connectivity index (χ3n) is 2.66. The largest absolute Gasteiger partial charge is 0.478 e. The lowest BCUT2D eigenvalue weighted by Gasteiger charge is -2.07. The molecule has 1 heterocycles. The highest BCUT2D eigenvalue weighted by atomic mass is 35.5. The van der Waals surface area contributed by atoms with Crippen LogP contribution in [0.25, 0.3) is 0 Å². The molecule has 5 nitrogen and oxygen atoms in total. The molecule has 1 amide bonds. The minimum Gasteiger partial charge on any atom is -0.478 e. The van der Waals surface area contributed by atoms with Crippen LogP contribution in [-0.2, 0) is 0 Å². The minimum absolute atomic E-state index is 0.192. The first-order valence-corrected chi connectivity index (χ1v) is 6.13. The molecular formula is C14H11ClN2O3. The standard InChI is InChI=1S/C14H11ClN2O3/c1-8-7-9(5-6-10(8)14(19)20)16-13(18)11-3-2-4-12(15)17-11/h2-7H,1H3,(H,16,18)(H,19,20). The van der Waals surface area contributed by atoms with E-state index in [1.165, 1.54) is 12.1 Å². The zero-order valence-corrected chi connectivity index (χ0v) is 11.3. The van der Waals surface area contributed by atoms with Crippen molar-refractivity contribution in [2.75, 3.05) is 5.32 Å². The molecule has 0 unspecified atom stereocenters. The van der Waals surface area contributed by atoms with E-state index in [0.29, 0.717) is 11.3 Å². The van der Waals surface area contributed by atoms with Gasteiger partial charge in [0.1, 0.15) is 10.8 Å². The first-order valence-electron chi connectivity index (χ1n) is 5.75. The fraction of sp³-hybridized carbons (Fsp3) is 0.0714. The number of hydrogen-bond donors (Lipinski definition) is 2. The van der Waals surface area contributed by atoms with Gasteiger partial charge in [-0.05, 0) is 42.8 Å². The molecule has 0 spiro atoms. The Morgan fingerprint density at radius 3 is 2.60 bits per heavy atom. The number of benzene rings is 1. The molecule has 0 aliphatic heterocycles. The minimum atomic E-state index is -1.00. The number of amides is 1. The van der Waals surface area contributed by atoms with Crippen molar-refractivity contribution < 1.29 is 14.7 Å². The SMILES string of the molecule is Cc1cc(NC(=O)c2cccc(Cl)n2)ccc1C(=O)O. The summed E-state index contributed by atoms with van der Waals surface area (Å²) in [6.07, 6.45) is 0. The van der Waals surface area contributed by atoms with Crippen LogP contribution in [0.3, 0.4) is 0 Å². The summed E-state index contributed by atoms with van der Waals surface area (Å²) in [4.78, 5) is 26.7. The third kappa shape index (κ3) is 3.13. The van der Waals surface area contributed by atoms with Crippen LogP contribution in [0.4, 0.5) is 5.69 Å². The molecule has 0 saturated heterocycles. The summed E-state index contributed by atoms with van der Waals surface area (Å²) in [7, 11) is 0. The van der Waals surface area contributed by atoms with Crippen LogP contribution in [0.15, 0.2) is 36.4 Å². The quantitative estimate of drug-likeness (QED) is 0.852. The Bertz CT molecular complexity index is 686. The average Bonchev–Trinajstić information content (AvgIpc) is 2.38. The second-order valence-electron chi connectivity index (χ2n) is 4.13. The van der Waals surface area contributed by atoms with Crippen LogP contribution in [0, 0.1) is 6.92 Å². The van der Waals surface area contributed by atoms with E-state index in [1.807, 2.05) is 0 Å². The Morgan fingerprint density at radius 2 is 2.00 bits per heavy atom. The summed E-state index contributed by atoms with van der Waals surface area (Å²) in [5.41, 5.74) is 1.45. The van der Waals surface area contributed by atoms with Crippen LogP contribution < -0.4 is 5.32 Å². The van der Waals surface area contributed by atoms with Gasteiger partial charge in [-0.25, -0.2) is 9.78 Å². The van der Waals surface area contributed by atoms with E-state index in [0.717, 1.165) is 0 Å². The van der Waals surface area contributed by atoms with Crippen molar-refractivity contribution in [3.8, 4) is 0 Å². The number of hydrogen-bond acceptors (Lipinski definition) is 3. The van der Waals surface area contributed by atoms with Gasteiger partial charge < -0.3 is 10.4 Å². The van der Waals surface area contributed by atoms with Crippen LogP contribution in [0.1, 0.15) is 26.4 Å². The number of anilines is 1. The van der Waals surface area contributed by atoms with Crippen LogP contribution in [0.5, 0.6) is 0 Å². The molecule has 0 atom stereocenters. The van der Waals surface area contributed by atoms with E-state index in [4.69, 9.17) is 16.7 Å². The zero-order chi connectivity index (χ0) is 14.7. The van der Waals surface area contributed by atoms with Gasteiger partial charge in [0.25, 0.3) is 5.91 Å². The molecule has 6 heteroatoms. The molecule has 0 fully saturated rings. The number of carbonyl (C=O) groups excluding carboxylic acids is 1. The van der Waals surface area contributed by atoms with Gasteiger partial charge in [-0.2, -0.15) is 0 Å². The number of halogens is 1. The number of carboxylic acids is 1. The van der Waals surface area contributed by atoms with Gasteiger partial charge in [0.2, 0.25) is 0 Å². The van der Waals surface area contributed by atoms with Gasteiger partial charge in [0, 0.05) is 5.69 Å². The van der Waals surface area contributed by atoms with E-state index < -0.39 is 11.9 Å². The second-order valence-corrected chi connectivity index (χ2v) is 4.52. The summed E-state index contributed by atoms with van der Waals surface area (Å²) in [6.45, 7) is 1.66. The van der Waals surface area contributed by atoms with Crippen LogP contribution in [-0.4, -0.2) is 22.0 Å². The molecular weight excluding hydrogens is 280 g/mol. The maximum absolute atomic E-state index is 11.9. The van der Waals surface area contributed by atoms with Crippen molar-refractivity contribution in [3.63, 3.8) is 0 Å². The van der Waals surface area contributed by atoms with Crippen molar-refractivity contribution in [2.45, 2.75) is 6.92 Å². The topological polar surface area (TPSA) is 79.3 Å². The normalized spacial score (nSPS) is 10.1. The molecule has 1 aromatic carbocycles. The highest BCUT2D eigenvalue weighted by Gasteiger charge is 2.11. The molecule has 0 aliphatic rings. The first kappa shape index (κ1) is 14.0. The number of nitrogens with zero attached hydrogens (tertiary/aromatic N) is 1. The molecule has 0 radical (unpaired) electrons. The lowest BCUT2D eigenvalue weighted by molar-refractivity contribution is 0.0696. The number of aromatic carboxylic acids is 1. The number of aromatic nitrogens is 1. The Labute approximate surface area is 120 Å². The van der Waals surface area contributed by atoms with Crippen molar-refractivity contribution >= 4 is 29.2 Å². The fourth-order valence-electron chi connectivity index (χ4n) is 1.71. The van der Waals surface area contributed by atoms with E-state index >= 15 is 0 Å². The van der Waals surface area contributed by atoms with Crippen molar-refractivity contribution in [1.29, 1.82) is 0 Å². The molecule has 2 aromatic rings. The van der Waals surface area contributed by atoms with Gasteiger partial charge in [0.05, 0.1) is 5.56 Å². The van der Waals surface area contributed by atoms with Crippen molar-refractivity contribution in [3.05, 3.63) is 58.4 Å². The fourth-order valence-corrected chi connectivity index (χ4v) is 1.88. The smallest absolute Gasteiger partial charge is 0.335 e. The maximum Gasteiger partial charge on any atom is 0.335 e. The molecule has 0 saturated carbocycles. The number of carbonyl (C=O) groups is 2. The summed E-state index contributed by atoms with van der Waals surface area (Å²) in [5, 5.41) is 11.8. The number of aryl methyl sites for hydroxylation is 1. The maximum atomic E-state index is 11.9. The molecule has 1 aromatic heterocycles. The van der Waals surface area contributed by atoms with Gasteiger partial charge in [-0.3, -0.25) is 4.79 Å². The van der Waals surface area contributed by atoms with E-state index in [-0.39, 0.29) is 16.4 Å². The number of pyridine rings is 1. The lowest BCUT2D eigenvalue weighted by Crippen LogP contribution is -2.14. The van der Waals surface area contributed by atoms with Gasteiger partial charge in [0.15, 0.2) is 0 Å². The summed E-state index contributed by atoms with van der Waals surface area (Å²) < 4.78 is 0. The molecule has 0 aliphatic carbocycles. The second kappa shape index (κ2) is 5.71. The Hall–Kier alpha value is -2.40. The van der Waals surface area contributed by atoms with Gasteiger partial charge >= 0.3 is 5.97 Å². The summed E-state index contributed by atoms with van der Waals surface area (Å²) >= 11 is 5.72. The predicted molar refractivity (Wildman–Crippen MR) is 75.3 cm³/mol. The molecule has 20 heavy (non-hydrogen) atoms. The van der Waals surface area contributed by atoms with Gasteiger partial charge in [-0.1, -0.05) is 17.7 Å². The third-order valence-corrected chi connectivity index (χ3v) is 2.87. The molecule has 0 bridgehead atoms. The van der Waals surface area contributed by atoms with Crippen LogP contribution >= 0.6 is 11.6 Å². The Kier molecular flexibility index (Phi) is 4.00. The zero-order valence-electron chi connectivity index (χ0n) is 10.6. The molecule has 2 N–H and O–H groups in total. The average molecular weight is 291 g/mol. The number of carboxylic acid groups (broad SMARTS) is 1.